The summed E-state index contributed by atoms with van der Waals surface area (Å²) in [4.78, 5) is 4.33. The number of aliphatic hydroxyl groups excluding tert-OH is 1. The van der Waals surface area contributed by atoms with Crippen LogP contribution >= 0.6 is 15.9 Å². The minimum Gasteiger partial charge on any atom is -0.496 e. The topological polar surface area (TPSA) is 68.4 Å². The molecule has 1 N–H and O–H groups in total. The summed E-state index contributed by atoms with van der Waals surface area (Å²) in [5.74, 6) is 1.67. The van der Waals surface area contributed by atoms with Crippen molar-refractivity contribution in [2.24, 2.45) is 5.41 Å². The largest absolute Gasteiger partial charge is 0.496 e. The molecule has 0 bridgehead atoms. The van der Waals surface area contributed by atoms with Gasteiger partial charge in [0.25, 0.3) is 0 Å². The highest BCUT2D eigenvalue weighted by Gasteiger charge is 2.24. The maximum Gasteiger partial charge on any atom is 0.229 e. The van der Waals surface area contributed by atoms with Gasteiger partial charge in [0.15, 0.2) is 0 Å². The number of hydrogen-bond donors (Lipinski definition) is 1. The van der Waals surface area contributed by atoms with Crippen LogP contribution in [-0.4, -0.2) is 28.5 Å². The van der Waals surface area contributed by atoms with Gasteiger partial charge >= 0.3 is 0 Å². The number of nitrogens with zero attached hydrogens (tertiary/aromatic N) is 2. The number of methoxy groups -OCH3 is 1. The Morgan fingerprint density at radius 3 is 2.67 bits per heavy atom. The van der Waals surface area contributed by atoms with Crippen molar-refractivity contribution >= 4 is 15.9 Å². The van der Waals surface area contributed by atoms with Gasteiger partial charge in [-0.2, -0.15) is 4.98 Å². The lowest BCUT2D eigenvalue weighted by atomic mass is 9.87. The minimum atomic E-state index is -0.534. The number of aliphatic hydroxyl groups is 1. The predicted molar refractivity (Wildman–Crippen MR) is 83.2 cm³/mol. The third kappa shape index (κ3) is 3.83. The van der Waals surface area contributed by atoms with E-state index in [1.165, 1.54) is 0 Å². The van der Waals surface area contributed by atoms with Crippen molar-refractivity contribution in [2.75, 3.05) is 7.11 Å². The van der Waals surface area contributed by atoms with Crippen LogP contribution in [0.25, 0.3) is 11.4 Å². The van der Waals surface area contributed by atoms with E-state index in [1.54, 1.807) is 7.11 Å². The van der Waals surface area contributed by atoms with Crippen LogP contribution in [0.2, 0.25) is 0 Å². The molecule has 0 amide bonds. The Balaban J connectivity index is 2.18. The molecule has 5 nitrogen and oxygen atoms in total. The number of hydrogen-bond acceptors (Lipinski definition) is 5. The van der Waals surface area contributed by atoms with Gasteiger partial charge in [-0.1, -0.05) is 25.9 Å². The molecule has 0 aliphatic rings. The first kappa shape index (κ1) is 16.0. The van der Waals surface area contributed by atoms with E-state index >= 15 is 0 Å². The lowest BCUT2D eigenvalue weighted by Gasteiger charge is -2.24. The van der Waals surface area contributed by atoms with Gasteiger partial charge < -0.3 is 14.4 Å². The van der Waals surface area contributed by atoms with E-state index in [4.69, 9.17) is 9.26 Å². The zero-order valence-corrected chi connectivity index (χ0v) is 14.1. The summed E-state index contributed by atoms with van der Waals surface area (Å²) >= 11 is 3.43. The number of rotatable bonds is 4. The zero-order chi connectivity index (χ0) is 15.6. The lowest BCUT2D eigenvalue weighted by molar-refractivity contribution is 0.0565. The van der Waals surface area contributed by atoms with E-state index < -0.39 is 6.10 Å². The molecule has 0 saturated carbocycles. The average Bonchev–Trinajstić information content (AvgIpc) is 2.86. The first-order valence-corrected chi connectivity index (χ1v) is 7.45. The van der Waals surface area contributed by atoms with Gasteiger partial charge in [-0.15, -0.1) is 0 Å². The van der Waals surface area contributed by atoms with Crippen molar-refractivity contribution in [1.82, 2.24) is 10.1 Å². The van der Waals surface area contributed by atoms with E-state index in [2.05, 4.69) is 26.1 Å². The monoisotopic (exact) mass is 354 g/mol. The zero-order valence-electron chi connectivity index (χ0n) is 12.6. The van der Waals surface area contributed by atoms with Gasteiger partial charge in [-0.25, -0.2) is 0 Å². The van der Waals surface area contributed by atoms with E-state index in [-0.39, 0.29) is 5.41 Å². The Labute approximate surface area is 132 Å². The fourth-order valence-corrected chi connectivity index (χ4v) is 2.27. The summed E-state index contributed by atoms with van der Waals surface area (Å²) in [7, 11) is 1.61. The molecule has 114 valence electrons. The van der Waals surface area contributed by atoms with E-state index in [0.717, 1.165) is 15.8 Å². The molecular formula is C15H19BrN2O3. The first-order chi connectivity index (χ1) is 9.81. The fraction of sp³-hybridized carbons (Fsp3) is 0.467. The molecule has 0 saturated heterocycles. The van der Waals surface area contributed by atoms with Crippen LogP contribution in [-0.2, 0) is 6.42 Å². The van der Waals surface area contributed by atoms with Crippen LogP contribution in [0.15, 0.2) is 27.2 Å². The lowest BCUT2D eigenvalue weighted by Crippen LogP contribution is -2.28. The molecule has 1 aromatic heterocycles. The molecule has 0 aliphatic carbocycles. The maximum atomic E-state index is 10.1. The molecule has 6 heteroatoms. The van der Waals surface area contributed by atoms with E-state index in [9.17, 15) is 5.11 Å². The van der Waals surface area contributed by atoms with Crippen LogP contribution in [0.3, 0.4) is 0 Å². The van der Waals surface area contributed by atoms with Gasteiger partial charge in [-0.05, 0) is 39.5 Å². The van der Waals surface area contributed by atoms with Crippen LogP contribution in [0, 0.1) is 5.41 Å². The van der Waals surface area contributed by atoms with Crippen molar-refractivity contribution in [3.05, 3.63) is 28.6 Å². The third-order valence-electron chi connectivity index (χ3n) is 3.25. The third-order valence-corrected chi connectivity index (χ3v) is 3.87. The second-order valence-corrected chi connectivity index (χ2v) is 6.80. The molecule has 21 heavy (non-hydrogen) atoms. The Morgan fingerprint density at radius 2 is 2.10 bits per heavy atom. The van der Waals surface area contributed by atoms with Crippen LogP contribution < -0.4 is 4.74 Å². The van der Waals surface area contributed by atoms with Gasteiger partial charge in [-0.3, -0.25) is 0 Å². The van der Waals surface area contributed by atoms with Gasteiger partial charge in [0.05, 0.1) is 24.1 Å². The summed E-state index contributed by atoms with van der Waals surface area (Å²) in [6, 6.07) is 5.56. The highest BCUT2D eigenvalue weighted by atomic mass is 79.9. The summed E-state index contributed by atoms with van der Waals surface area (Å²) in [6.07, 6.45) is -0.193. The molecule has 0 radical (unpaired) electrons. The SMILES string of the molecule is COc1ccc(-c2noc(CC(O)C(C)(C)C)n2)cc1Br. The number of ether oxygens (including phenoxy) is 1. The minimum absolute atomic E-state index is 0.224. The Bertz CT molecular complexity index is 620. The average molecular weight is 355 g/mol. The molecular weight excluding hydrogens is 336 g/mol. The van der Waals surface area contributed by atoms with Gasteiger partial charge in [0.2, 0.25) is 11.7 Å². The van der Waals surface area contributed by atoms with Crippen LogP contribution in [0.5, 0.6) is 5.75 Å². The number of benzene rings is 1. The molecule has 2 aromatic rings. The highest BCUT2D eigenvalue weighted by molar-refractivity contribution is 9.10. The van der Waals surface area contributed by atoms with Crippen molar-refractivity contribution in [2.45, 2.75) is 33.3 Å². The summed E-state index contributed by atoms with van der Waals surface area (Å²) in [5.41, 5.74) is 0.598. The van der Waals surface area contributed by atoms with Gasteiger partial charge in [0, 0.05) is 5.56 Å². The molecule has 0 spiro atoms. The van der Waals surface area contributed by atoms with Crippen LogP contribution in [0.4, 0.5) is 0 Å². The molecule has 1 heterocycles. The first-order valence-electron chi connectivity index (χ1n) is 6.66. The number of halogens is 1. The van der Waals surface area contributed by atoms with Crippen LogP contribution in [0.1, 0.15) is 26.7 Å². The van der Waals surface area contributed by atoms with Crippen molar-refractivity contribution in [3.63, 3.8) is 0 Å². The Morgan fingerprint density at radius 1 is 1.38 bits per heavy atom. The Hall–Kier alpha value is -1.40. The molecule has 0 aliphatic heterocycles. The van der Waals surface area contributed by atoms with E-state index in [0.29, 0.717) is 18.1 Å². The highest BCUT2D eigenvalue weighted by Crippen LogP contribution is 2.29. The quantitative estimate of drug-likeness (QED) is 0.910. The second-order valence-electron chi connectivity index (χ2n) is 5.95. The summed E-state index contributed by atoms with van der Waals surface area (Å²) < 4.78 is 11.2. The fourth-order valence-electron chi connectivity index (χ4n) is 1.73. The smallest absolute Gasteiger partial charge is 0.229 e. The molecule has 1 atom stereocenters. The summed E-state index contributed by atoms with van der Waals surface area (Å²) in [5, 5.41) is 14.0. The molecule has 1 unspecified atom stereocenters. The van der Waals surface area contributed by atoms with Crippen molar-refractivity contribution < 1.29 is 14.4 Å². The molecule has 1 aromatic carbocycles. The van der Waals surface area contributed by atoms with Crippen molar-refractivity contribution in [3.8, 4) is 17.1 Å². The van der Waals surface area contributed by atoms with Gasteiger partial charge in [0.1, 0.15) is 5.75 Å². The summed E-state index contributed by atoms with van der Waals surface area (Å²) in [6.45, 7) is 5.90. The second kappa shape index (κ2) is 6.15. The Kier molecular flexibility index (Phi) is 4.68. The predicted octanol–water partition coefficient (Wildman–Crippen LogP) is 3.46. The maximum absolute atomic E-state index is 10.1. The number of aromatic nitrogens is 2. The molecule has 2 rings (SSSR count). The van der Waals surface area contributed by atoms with E-state index in [1.807, 2.05) is 39.0 Å². The van der Waals surface area contributed by atoms with Crippen molar-refractivity contribution in [1.29, 1.82) is 0 Å². The standard InChI is InChI=1S/C15H19BrN2O3/c1-15(2,3)12(19)8-13-17-14(18-21-13)9-5-6-11(20-4)10(16)7-9/h5-7,12,19H,8H2,1-4H3. The normalized spacial score (nSPS) is 13.2. The molecule has 0 fully saturated rings.